The zero-order valence-electron chi connectivity index (χ0n) is 10.1. The smallest absolute Gasteiger partial charge is 0.143 e. The lowest BCUT2D eigenvalue weighted by atomic mass is 10.1. The molecule has 1 aromatic heterocycles. The minimum Gasteiger partial charge on any atom is -0.490 e. The van der Waals surface area contributed by atoms with E-state index in [2.05, 4.69) is 21.9 Å². The van der Waals surface area contributed by atoms with Gasteiger partial charge >= 0.3 is 0 Å². The topological polar surface area (TPSA) is 64.3 Å². The lowest BCUT2D eigenvalue weighted by Crippen LogP contribution is -2.28. The molecule has 5 nitrogen and oxygen atoms in total. The fourth-order valence-corrected chi connectivity index (χ4v) is 2.05. The summed E-state index contributed by atoms with van der Waals surface area (Å²) in [5, 5.41) is 0. The Morgan fingerprint density at radius 2 is 2.17 bits per heavy atom. The van der Waals surface area contributed by atoms with E-state index < -0.39 is 0 Å². The van der Waals surface area contributed by atoms with Gasteiger partial charge in [-0.15, -0.1) is 0 Å². The summed E-state index contributed by atoms with van der Waals surface area (Å²) in [5.41, 5.74) is 8.56. The highest BCUT2D eigenvalue weighted by atomic mass is 16.5. The van der Waals surface area contributed by atoms with Gasteiger partial charge in [0.1, 0.15) is 24.5 Å². The number of hydrogen-bond acceptors (Lipinski definition) is 5. The maximum Gasteiger partial charge on any atom is 0.143 e. The molecule has 92 valence electrons. The largest absolute Gasteiger partial charge is 0.490 e. The van der Waals surface area contributed by atoms with Gasteiger partial charge in [0.15, 0.2) is 0 Å². The molecule has 3 rings (SSSR count). The van der Waals surface area contributed by atoms with Gasteiger partial charge in [0, 0.05) is 18.7 Å². The number of hydrogen-bond donors (Lipinski definition) is 1. The van der Waals surface area contributed by atoms with Crippen LogP contribution < -0.4 is 15.4 Å². The third-order valence-corrected chi connectivity index (χ3v) is 3.04. The predicted octanol–water partition coefficient (Wildman–Crippen LogP) is 1.55. The van der Waals surface area contributed by atoms with E-state index in [1.165, 1.54) is 6.33 Å². The highest BCUT2D eigenvalue weighted by Gasteiger charge is 2.15. The van der Waals surface area contributed by atoms with E-state index in [1.54, 1.807) is 6.07 Å². The van der Waals surface area contributed by atoms with Gasteiger partial charge in [-0.25, -0.2) is 9.97 Å². The Hall–Kier alpha value is -2.30. The van der Waals surface area contributed by atoms with Crippen LogP contribution in [0.25, 0.3) is 11.3 Å². The van der Waals surface area contributed by atoms with Crippen LogP contribution in [0, 0.1) is 0 Å². The van der Waals surface area contributed by atoms with Crippen molar-refractivity contribution in [2.45, 2.75) is 0 Å². The zero-order chi connectivity index (χ0) is 12.5. The molecule has 2 heterocycles. The SMILES string of the molecule is CN1CCOc2cc(-c3cc(N)ncn3)ccc21. The second-order valence-electron chi connectivity index (χ2n) is 4.28. The second kappa shape index (κ2) is 4.18. The Morgan fingerprint density at radius 3 is 3.00 bits per heavy atom. The molecular weight excluding hydrogens is 228 g/mol. The van der Waals surface area contributed by atoms with E-state index in [9.17, 15) is 0 Å². The summed E-state index contributed by atoms with van der Waals surface area (Å²) in [4.78, 5) is 10.3. The number of ether oxygens (including phenoxy) is 1. The van der Waals surface area contributed by atoms with Gasteiger partial charge in [-0.1, -0.05) is 6.07 Å². The van der Waals surface area contributed by atoms with Gasteiger partial charge in [0.05, 0.1) is 17.9 Å². The number of likely N-dealkylation sites (N-methyl/N-ethyl adjacent to an activating group) is 1. The lowest BCUT2D eigenvalue weighted by molar-refractivity contribution is 0.311. The highest BCUT2D eigenvalue weighted by molar-refractivity contribution is 5.70. The standard InChI is InChI=1S/C13H14N4O/c1-17-4-5-18-12-6-9(2-3-11(12)17)10-7-13(14)16-8-15-10/h2-3,6-8H,4-5H2,1H3,(H2,14,15,16). The number of nitrogen functional groups attached to an aromatic ring is 1. The van der Waals surface area contributed by atoms with Crippen molar-refractivity contribution in [2.75, 3.05) is 30.8 Å². The molecule has 0 fully saturated rings. The molecule has 5 heteroatoms. The Bertz CT molecular complexity index is 585. The minimum absolute atomic E-state index is 0.468. The first-order valence-corrected chi connectivity index (χ1v) is 5.80. The molecule has 0 spiro atoms. The number of nitrogens with zero attached hydrogens (tertiary/aromatic N) is 3. The summed E-state index contributed by atoms with van der Waals surface area (Å²) < 4.78 is 5.67. The lowest BCUT2D eigenvalue weighted by Gasteiger charge is -2.27. The van der Waals surface area contributed by atoms with Crippen LogP contribution in [0.5, 0.6) is 5.75 Å². The second-order valence-corrected chi connectivity index (χ2v) is 4.28. The van der Waals surface area contributed by atoms with E-state index >= 15 is 0 Å². The molecule has 0 saturated heterocycles. The molecule has 1 aromatic carbocycles. The molecule has 0 amide bonds. The Kier molecular flexibility index (Phi) is 2.51. The van der Waals surface area contributed by atoms with Crippen LogP contribution >= 0.6 is 0 Å². The first-order chi connectivity index (χ1) is 8.74. The van der Waals surface area contributed by atoms with Crippen molar-refractivity contribution in [3.63, 3.8) is 0 Å². The number of rotatable bonds is 1. The molecule has 0 unspecified atom stereocenters. The van der Waals surface area contributed by atoms with Crippen molar-refractivity contribution >= 4 is 11.5 Å². The molecule has 1 aliphatic heterocycles. The van der Waals surface area contributed by atoms with Crippen LogP contribution in [0.3, 0.4) is 0 Å². The quantitative estimate of drug-likeness (QED) is 0.822. The molecule has 0 radical (unpaired) electrons. The average molecular weight is 242 g/mol. The van der Waals surface area contributed by atoms with E-state index in [0.717, 1.165) is 29.2 Å². The number of benzene rings is 1. The van der Waals surface area contributed by atoms with Gasteiger partial charge in [-0.3, -0.25) is 0 Å². The van der Waals surface area contributed by atoms with E-state index in [-0.39, 0.29) is 0 Å². The van der Waals surface area contributed by atoms with Crippen LogP contribution in [-0.4, -0.2) is 30.2 Å². The molecule has 2 N–H and O–H groups in total. The van der Waals surface area contributed by atoms with Crippen molar-refractivity contribution in [3.05, 3.63) is 30.6 Å². The first-order valence-electron chi connectivity index (χ1n) is 5.80. The molecular formula is C13H14N4O. The third kappa shape index (κ3) is 1.84. The maximum absolute atomic E-state index is 5.67. The van der Waals surface area contributed by atoms with Crippen LogP contribution in [0.2, 0.25) is 0 Å². The van der Waals surface area contributed by atoms with Crippen molar-refractivity contribution in [1.82, 2.24) is 9.97 Å². The molecule has 0 aliphatic carbocycles. The van der Waals surface area contributed by atoms with Crippen molar-refractivity contribution in [1.29, 1.82) is 0 Å². The summed E-state index contributed by atoms with van der Waals surface area (Å²) in [6.45, 7) is 1.62. The van der Waals surface area contributed by atoms with Gasteiger partial charge < -0.3 is 15.4 Å². The van der Waals surface area contributed by atoms with Crippen LogP contribution in [0.15, 0.2) is 30.6 Å². The Balaban J connectivity index is 2.04. The summed E-state index contributed by atoms with van der Waals surface area (Å²) >= 11 is 0. The van der Waals surface area contributed by atoms with Gasteiger partial charge in [-0.05, 0) is 12.1 Å². The van der Waals surface area contributed by atoms with Gasteiger partial charge in [0.25, 0.3) is 0 Å². The summed E-state index contributed by atoms with van der Waals surface area (Å²) in [6.07, 6.45) is 1.47. The van der Waals surface area contributed by atoms with Crippen LogP contribution in [-0.2, 0) is 0 Å². The number of nitrogens with two attached hydrogens (primary N) is 1. The molecule has 0 atom stereocenters. The number of aromatic nitrogens is 2. The van der Waals surface area contributed by atoms with Gasteiger partial charge in [-0.2, -0.15) is 0 Å². The number of anilines is 2. The molecule has 0 bridgehead atoms. The zero-order valence-corrected chi connectivity index (χ0v) is 10.1. The predicted molar refractivity (Wildman–Crippen MR) is 70.6 cm³/mol. The van der Waals surface area contributed by atoms with E-state index in [1.807, 2.05) is 18.2 Å². The van der Waals surface area contributed by atoms with E-state index in [0.29, 0.717) is 12.4 Å². The highest BCUT2D eigenvalue weighted by Crippen LogP contribution is 2.34. The van der Waals surface area contributed by atoms with Crippen molar-refractivity contribution < 1.29 is 4.74 Å². The van der Waals surface area contributed by atoms with Gasteiger partial charge in [0.2, 0.25) is 0 Å². The first kappa shape index (κ1) is 10.8. The molecule has 18 heavy (non-hydrogen) atoms. The van der Waals surface area contributed by atoms with Crippen LogP contribution in [0.1, 0.15) is 0 Å². The molecule has 0 saturated carbocycles. The van der Waals surface area contributed by atoms with Crippen molar-refractivity contribution in [3.8, 4) is 17.0 Å². The fourth-order valence-electron chi connectivity index (χ4n) is 2.05. The normalized spacial score (nSPS) is 13.9. The maximum atomic E-state index is 5.67. The summed E-state index contributed by atoms with van der Waals surface area (Å²) in [5.74, 6) is 1.36. The Labute approximate surface area is 105 Å². The Morgan fingerprint density at radius 1 is 1.28 bits per heavy atom. The van der Waals surface area contributed by atoms with E-state index in [4.69, 9.17) is 10.5 Å². The summed E-state index contributed by atoms with van der Waals surface area (Å²) in [6, 6.07) is 7.81. The average Bonchev–Trinajstić information content (AvgIpc) is 2.39. The third-order valence-electron chi connectivity index (χ3n) is 3.04. The fraction of sp³-hybridized carbons (Fsp3) is 0.231. The molecule has 2 aromatic rings. The number of fused-ring (bicyclic) bond motifs is 1. The molecule has 1 aliphatic rings. The monoisotopic (exact) mass is 242 g/mol. The van der Waals surface area contributed by atoms with Crippen LogP contribution in [0.4, 0.5) is 11.5 Å². The minimum atomic E-state index is 0.468. The summed E-state index contributed by atoms with van der Waals surface area (Å²) in [7, 11) is 2.06. The van der Waals surface area contributed by atoms with Crippen molar-refractivity contribution in [2.24, 2.45) is 0 Å².